The van der Waals surface area contributed by atoms with Crippen molar-refractivity contribution in [2.24, 2.45) is 10.8 Å². The highest BCUT2D eigenvalue weighted by Gasteiger charge is 2.53. The van der Waals surface area contributed by atoms with E-state index < -0.39 is 181 Å². The molecule has 0 aliphatic carbocycles. The van der Waals surface area contributed by atoms with Crippen molar-refractivity contribution in [3.63, 3.8) is 0 Å². The molecular formula is C61H106N14O35P6S2. The third kappa shape index (κ3) is 36.4. The summed E-state index contributed by atoms with van der Waals surface area (Å²) in [7, 11) is -32.8. The number of aliphatic hydroxyl groups excluding tert-OH is 4. The molecule has 6 heterocycles. The van der Waals surface area contributed by atoms with E-state index in [2.05, 4.69) is 75.8 Å². The number of carboxylic acids is 1. The van der Waals surface area contributed by atoms with Crippen LogP contribution >= 0.6 is 70.5 Å². The molecule has 2 saturated heterocycles. The van der Waals surface area contributed by atoms with E-state index in [9.17, 15) is 116 Å². The number of ether oxygens (including phenoxy) is 2. The lowest BCUT2D eigenvalue weighted by Gasteiger charge is -2.30. The quantitative estimate of drug-likeness (QED) is 0.0172. The Bertz CT molecular complexity index is 4230. The van der Waals surface area contributed by atoms with E-state index in [1.807, 2.05) is 0 Å². The lowest BCUT2D eigenvalue weighted by atomic mass is 9.87. The van der Waals surface area contributed by atoms with Gasteiger partial charge in [-0.15, -0.1) is 0 Å². The molecule has 4 aromatic heterocycles. The zero-order valence-electron chi connectivity index (χ0n) is 64.9. The number of phosphoric ester groups is 6. The number of aliphatic hydroxyl groups is 4. The number of unbranched alkanes of at least 4 members (excludes halogenated alkanes) is 13. The van der Waals surface area contributed by atoms with Crippen molar-refractivity contribution in [1.82, 2.24) is 60.3 Å². The van der Waals surface area contributed by atoms with E-state index in [0.717, 1.165) is 64.1 Å². The van der Waals surface area contributed by atoms with Gasteiger partial charge in [-0.1, -0.05) is 130 Å². The van der Waals surface area contributed by atoms with Gasteiger partial charge < -0.3 is 107 Å². The van der Waals surface area contributed by atoms with Gasteiger partial charge in [-0.05, 0) is 12.2 Å². The fourth-order valence-corrected chi connectivity index (χ4v) is 18.3. The summed E-state index contributed by atoms with van der Waals surface area (Å²) >= 11 is 2.49. The number of imidazole rings is 2. The molecule has 49 nitrogen and oxygen atoms in total. The van der Waals surface area contributed by atoms with Crippen LogP contribution in [-0.4, -0.2) is 257 Å². The summed E-state index contributed by atoms with van der Waals surface area (Å²) in [4.78, 5) is 173. The Morgan fingerprint density at radius 2 is 0.881 bits per heavy atom. The minimum Gasteiger partial charge on any atom is -0.481 e. The van der Waals surface area contributed by atoms with Gasteiger partial charge in [-0.3, -0.25) is 65.0 Å². The zero-order chi connectivity index (χ0) is 88.0. The number of anilines is 2. The third-order valence-electron chi connectivity index (χ3n) is 17.3. The van der Waals surface area contributed by atoms with Crippen LogP contribution in [-0.2, 0) is 101 Å². The van der Waals surface area contributed by atoms with E-state index in [0.29, 0.717) is 6.54 Å². The Balaban J connectivity index is 0.000000426. The Labute approximate surface area is 684 Å². The van der Waals surface area contributed by atoms with Crippen molar-refractivity contribution in [2.75, 3.05) is 81.3 Å². The van der Waals surface area contributed by atoms with Crippen molar-refractivity contribution >= 4 is 139 Å². The van der Waals surface area contributed by atoms with Gasteiger partial charge in [0.25, 0.3) is 0 Å². The van der Waals surface area contributed by atoms with E-state index in [4.69, 9.17) is 44.1 Å². The van der Waals surface area contributed by atoms with Gasteiger partial charge in [-0.2, -0.15) is 20.4 Å². The first kappa shape index (κ1) is 103. The predicted molar refractivity (Wildman–Crippen MR) is 417 cm³/mol. The topological polar surface area (TPSA) is 747 Å². The van der Waals surface area contributed by atoms with E-state index in [-0.39, 0.29) is 78.1 Å². The van der Waals surface area contributed by atoms with Crippen LogP contribution in [0, 0.1) is 10.8 Å². The standard InChI is InChI=1S/C37H68N7O16P3S.C24H38N7O19P3S/c1-4-5-6-7-8-9-10-11-12-13-14-15-16-17-21-64-22-20-39-28(45)18-19-40-35(48)32(47)37(2,3)24-57-63(54,55)60-62(52,53)56-23-27-31(59-61(49,50)51)30(46)36(58-27)44-26-43-29-33(38)41-25-42-34(29)44;1-24(2,19(37)22(38)27-4-3-13(32)26-5-6-54-15(35)7-14(33)34)9-47-53(44,45)50-52(42,43)46-8-12-18(49-51(39,40)41)17(36)23(48-12)31-11-30-16-20(25)28-10-29-21(16)31/h25-27,30-32,36,46-47H,4-24H2,1-3H3,(H,39,45)(H,40,48)(H,52,53)(H,54,55)(H2,38,41,42)(H2,49,50,51);10-12,17-19,23,36-37H,3-9H2,1-2H3,(H,26,32)(H,27,38)(H,33,34)(H,42,43)(H,44,45)(H2,25,28,29)(H2,39,40,41)/t27-,30-,31-,32?,36-;12-,17-,18-,19?,23-/m11/s1. The molecule has 0 saturated carbocycles. The number of fused-ring (bicyclic) bond motifs is 2. The van der Waals surface area contributed by atoms with Crippen LogP contribution in [0.15, 0.2) is 25.3 Å². The summed E-state index contributed by atoms with van der Waals surface area (Å²) in [6.07, 6.45) is 3.87. The molecule has 6 unspecified atom stereocenters. The maximum atomic E-state index is 12.7. The van der Waals surface area contributed by atoms with Gasteiger partial charge in [0.15, 0.2) is 40.5 Å². The third-order valence-corrected chi connectivity index (χ3v) is 25.5. The number of phosphoric acid groups is 6. The lowest BCUT2D eigenvalue weighted by molar-refractivity contribution is -0.139. The average molecular weight is 1850 g/mol. The highest BCUT2D eigenvalue weighted by Crippen LogP contribution is 2.63. The number of carbonyl (C=O) groups excluding carboxylic acids is 5. The second-order valence-corrected chi connectivity index (χ2v) is 39.0. The number of aromatic nitrogens is 8. The van der Waals surface area contributed by atoms with Gasteiger partial charge in [-0.25, -0.2) is 57.3 Å². The monoisotopic (exact) mass is 1840 g/mol. The molecule has 4 aromatic rings. The van der Waals surface area contributed by atoms with Crippen LogP contribution in [0.1, 0.15) is 156 Å². The normalized spacial score (nSPS) is 21.2. The largest absolute Gasteiger partial charge is 0.481 e. The number of carbonyl (C=O) groups is 6. The molecule has 0 spiro atoms. The molecule has 4 amide bonds. The lowest BCUT2D eigenvalue weighted by Crippen LogP contribution is -2.46. The van der Waals surface area contributed by atoms with Crippen molar-refractivity contribution in [3.8, 4) is 0 Å². The first-order valence-electron chi connectivity index (χ1n) is 36.8. The smallest absolute Gasteiger partial charge is 0.481 e. The second-order valence-electron chi connectivity index (χ2n) is 28.1. The number of nitrogen functional groups attached to an aromatic ring is 2. The molecule has 672 valence electrons. The van der Waals surface area contributed by atoms with Crippen LogP contribution in [0.25, 0.3) is 22.3 Å². The average Bonchev–Trinajstić information content (AvgIpc) is 1.62. The van der Waals surface area contributed by atoms with E-state index in [1.165, 1.54) is 111 Å². The van der Waals surface area contributed by atoms with Crippen LogP contribution in [0.4, 0.5) is 11.6 Å². The molecule has 0 radical (unpaired) electrons. The predicted octanol–water partition coefficient (Wildman–Crippen LogP) is 2.76. The fourth-order valence-electron chi connectivity index (χ4n) is 11.2. The molecule has 2 aliphatic heterocycles. The minimum atomic E-state index is -5.59. The number of rotatable bonds is 55. The van der Waals surface area contributed by atoms with E-state index >= 15 is 0 Å². The van der Waals surface area contributed by atoms with Gasteiger partial charge in [0.2, 0.25) is 23.6 Å². The first-order valence-corrected chi connectivity index (χ1v) is 48.0. The summed E-state index contributed by atoms with van der Waals surface area (Å²) in [5.41, 5.74) is 8.53. The molecular weight excluding hydrogens is 1740 g/mol. The minimum absolute atomic E-state index is 0.0185. The second kappa shape index (κ2) is 48.3. The van der Waals surface area contributed by atoms with Gasteiger partial charge >= 0.3 is 52.9 Å². The number of hydrogen-bond acceptors (Lipinski definition) is 36. The number of amides is 4. The molecule has 2 aliphatic rings. The maximum Gasteiger partial charge on any atom is 0.481 e. The van der Waals surface area contributed by atoms with Gasteiger partial charge in [0, 0.05) is 61.4 Å². The van der Waals surface area contributed by atoms with Crippen molar-refractivity contribution in [2.45, 2.75) is 205 Å². The number of nitrogens with one attached hydrogen (secondary N) is 4. The summed E-state index contributed by atoms with van der Waals surface area (Å²) < 4.78 is 124. The Morgan fingerprint density at radius 1 is 0.517 bits per heavy atom. The van der Waals surface area contributed by atoms with Crippen LogP contribution in [0.2, 0.25) is 0 Å². The maximum absolute atomic E-state index is 12.7. The molecule has 2 fully saturated rings. The Morgan fingerprint density at radius 3 is 1.25 bits per heavy atom. The summed E-state index contributed by atoms with van der Waals surface area (Å²) in [5, 5.41) is 60.8. The number of hydrogen-bond donors (Lipinski definition) is 19. The Kier molecular flexibility index (Phi) is 42.3. The van der Waals surface area contributed by atoms with Crippen molar-refractivity contribution < 1.29 is 166 Å². The number of nitrogens with zero attached hydrogens (tertiary/aromatic N) is 8. The molecule has 6 rings (SSSR count). The van der Waals surface area contributed by atoms with Crippen LogP contribution in [0.5, 0.6) is 0 Å². The summed E-state index contributed by atoms with van der Waals surface area (Å²) in [6, 6.07) is 0. The number of carboxylic acid groups (broad SMARTS) is 1. The molecule has 21 N–H and O–H groups in total. The number of thioether (sulfide) groups is 2. The SMILES string of the molecule is CC(C)(COP(=O)(O)OP(=O)(O)OC[C@H]1O[C@@H](n2cnc3c(N)ncnc32)[C@H](O)[C@@H]1OP(=O)(O)O)C(O)C(=O)NCCC(=O)NCCSC(=O)CC(=O)O.CCCCCCCCCCCCCCCCSCCNC(=O)CCNC(=O)C(O)C(C)(C)COP(=O)(O)OP(=O)(O)OC[C@H]1O[C@@H](n2cnc3c(N)ncnc32)[C@H](O)[C@@H]1OP(=O)(O)O. The molecule has 0 bridgehead atoms. The van der Waals surface area contributed by atoms with Crippen LogP contribution in [0.3, 0.4) is 0 Å². The van der Waals surface area contributed by atoms with Gasteiger partial charge in [0.05, 0.1) is 39.1 Å². The molecule has 0 aromatic carbocycles. The molecule has 57 heteroatoms. The number of nitrogens with two attached hydrogens (primary N) is 2. The highest BCUT2D eigenvalue weighted by molar-refractivity contribution is 8.13. The first-order chi connectivity index (χ1) is 55.1. The highest BCUT2D eigenvalue weighted by atomic mass is 32.2. The number of aliphatic carboxylic acids is 1. The van der Waals surface area contributed by atoms with Crippen molar-refractivity contribution in [3.05, 3.63) is 25.3 Å². The van der Waals surface area contributed by atoms with Gasteiger partial charge in [0.1, 0.15) is 78.9 Å². The molecule has 14 atom stereocenters. The van der Waals surface area contributed by atoms with Crippen LogP contribution < -0.4 is 32.7 Å². The van der Waals surface area contributed by atoms with Crippen molar-refractivity contribution in [1.29, 1.82) is 0 Å². The summed E-state index contributed by atoms with van der Waals surface area (Å²) in [5.74, 6) is -2.26. The zero-order valence-corrected chi connectivity index (χ0v) is 71.9. The molecule has 118 heavy (non-hydrogen) atoms. The summed E-state index contributed by atoms with van der Waals surface area (Å²) in [6.45, 7) is 3.36. The Hall–Kier alpha value is -5.08. The fraction of sp³-hybridized carbons (Fsp3) is 0.738. The van der Waals surface area contributed by atoms with E-state index in [1.54, 1.807) is 11.8 Å².